The van der Waals surface area contributed by atoms with Gasteiger partial charge in [0.15, 0.2) is 0 Å². The average molecular weight is 384 g/mol. The zero-order valence-electron chi connectivity index (χ0n) is 16.1. The second kappa shape index (κ2) is 8.26. The molecule has 0 aliphatic carbocycles. The molecule has 1 aromatic rings. The summed E-state index contributed by atoms with van der Waals surface area (Å²) in [6, 6.07) is 3.49. The van der Waals surface area contributed by atoms with Gasteiger partial charge in [0.2, 0.25) is 10.0 Å². The second-order valence-corrected chi connectivity index (χ2v) is 8.51. The molecule has 7 nitrogen and oxygen atoms in total. The Hall–Kier alpha value is -1.80. The van der Waals surface area contributed by atoms with Crippen molar-refractivity contribution in [1.82, 2.24) is 9.21 Å². The Kier molecular flexibility index (Phi) is 6.52. The van der Waals surface area contributed by atoms with Crippen LogP contribution >= 0.6 is 0 Å². The monoisotopic (exact) mass is 384 g/mol. The third-order valence-electron chi connectivity index (χ3n) is 4.53. The van der Waals surface area contributed by atoms with Crippen LogP contribution < -0.4 is 4.74 Å². The van der Waals surface area contributed by atoms with Crippen LogP contribution in [0.3, 0.4) is 0 Å². The van der Waals surface area contributed by atoms with Crippen LogP contribution in [-0.4, -0.2) is 63.6 Å². The first kappa shape index (κ1) is 20.5. The van der Waals surface area contributed by atoms with Crippen molar-refractivity contribution >= 4 is 16.1 Å². The first-order valence-corrected chi connectivity index (χ1v) is 10.3. The molecule has 1 fully saturated rings. The molecule has 0 bridgehead atoms. The van der Waals surface area contributed by atoms with Crippen molar-refractivity contribution in [3.05, 3.63) is 23.3 Å². The molecule has 2 rings (SSSR count). The Labute approximate surface area is 155 Å². The van der Waals surface area contributed by atoms with E-state index < -0.39 is 16.1 Å². The summed E-state index contributed by atoms with van der Waals surface area (Å²) in [7, 11) is -2.05. The zero-order chi connectivity index (χ0) is 19.5. The van der Waals surface area contributed by atoms with Crippen LogP contribution in [0.15, 0.2) is 17.0 Å². The van der Waals surface area contributed by atoms with E-state index in [2.05, 4.69) is 0 Å². The highest BCUT2D eigenvalue weighted by atomic mass is 32.2. The fourth-order valence-corrected chi connectivity index (χ4v) is 4.71. The van der Waals surface area contributed by atoms with E-state index in [0.717, 1.165) is 5.56 Å². The molecule has 1 aliphatic heterocycles. The number of methoxy groups -OCH3 is 1. The molecule has 0 N–H and O–H groups in total. The Balaban J connectivity index is 2.26. The van der Waals surface area contributed by atoms with Crippen molar-refractivity contribution in [2.75, 3.05) is 39.9 Å². The van der Waals surface area contributed by atoms with Gasteiger partial charge in [0.1, 0.15) is 5.75 Å². The lowest BCUT2D eigenvalue weighted by atomic mass is 10.0. The normalized spacial score (nSPS) is 16.0. The van der Waals surface area contributed by atoms with Crippen molar-refractivity contribution in [2.24, 2.45) is 0 Å². The highest BCUT2D eigenvalue weighted by Crippen LogP contribution is 2.33. The Bertz CT molecular complexity index is 753. The standard InChI is InChI=1S/C18H28N2O5S/c1-6-25-18(21)19-7-9-20(10-8-19)26(22,23)17-12-15(13(2)3)16(24-5)11-14(17)4/h11-13H,6-10H2,1-5H3. The number of carbonyl (C=O) groups is 1. The van der Waals surface area contributed by atoms with Gasteiger partial charge in [0, 0.05) is 26.2 Å². The fourth-order valence-electron chi connectivity index (χ4n) is 3.05. The van der Waals surface area contributed by atoms with Gasteiger partial charge in [-0.3, -0.25) is 0 Å². The van der Waals surface area contributed by atoms with Gasteiger partial charge in [-0.05, 0) is 43.0 Å². The van der Waals surface area contributed by atoms with Gasteiger partial charge in [-0.25, -0.2) is 13.2 Å². The number of benzene rings is 1. The van der Waals surface area contributed by atoms with Crippen molar-refractivity contribution in [1.29, 1.82) is 0 Å². The summed E-state index contributed by atoms with van der Waals surface area (Å²) < 4.78 is 38.1. The molecular weight excluding hydrogens is 356 g/mol. The van der Waals surface area contributed by atoms with Crippen LogP contribution in [0.25, 0.3) is 0 Å². The maximum Gasteiger partial charge on any atom is 0.409 e. The quantitative estimate of drug-likeness (QED) is 0.780. The van der Waals surface area contributed by atoms with E-state index in [-0.39, 0.29) is 19.0 Å². The van der Waals surface area contributed by atoms with Crippen LogP contribution in [0.4, 0.5) is 4.79 Å². The number of ether oxygens (including phenoxy) is 2. The van der Waals surface area contributed by atoms with Gasteiger partial charge in [-0.2, -0.15) is 4.31 Å². The number of piperazine rings is 1. The van der Waals surface area contributed by atoms with Crippen molar-refractivity contribution in [3.63, 3.8) is 0 Å². The van der Waals surface area contributed by atoms with E-state index in [0.29, 0.717) is 35.9 Å². The number of hydrogen-bond donors (Lipinski definition) is 0. The lowest BCUT2D eigenvalue weighted by molar-refractivity contribution is 0.0934. The van der Waals surface area contributed by atoms with Crippen LogP contribution in [0.2, 0.25) is 0 Å². The van der Waals surface area contributed by atoms with Crippen molar-refractivity contribution in [3.8, 4) is 5.75 Å². The lowest BCUT2D eigenvalue weighted by Gasteiger charge is -2.33. The van der Waals surface area contributed by atoms with Crippen LogP contribution in [0, 0.1) is 6.92 Å². The summed E-state index contributed by atoms with van der Waals surface area (Å²) in [5.74, 6) is 0.837. The number of hydrogen-bond acceptors (Lipinski definition) is 5. The molecule has 8 heteroatoms. The fraction of sp³-hybridized carbons (Fsp3) is 0.611. The summed E-state index contributed by atoms with van der Waals surface area (Å²) in [6.45, 7) is 8.98. The number of carbonyl (C=O) groups excluding carboxylic acids is 1. The molecule has 1 amide bonds. The van der Waals surface area contributed by atoms with E-state index >= 15 is 0 Å². The molecular formula is C18H28N2O5S. The van der Waals surface area contributed by atoms with Gasteiger partial charge >= 0.3 is 6.09 Å². The third kappa shape index (κ3) is 4.12. The van der Waals surface area contributed by atoms with E-state index in [4.69, 9.17) is 9.47 Å². The van der Waals surface area contributed by atoms with E-state index in [1.54, 1.807) is 33.1 Å². The minimum Gasteiger partial charge on any atom is -0.496 e. The van der Waals surface area contributed by atoms with Crippen LogP contribution in [0.5, 0.6) is 5.75 Å². The SMILES string of the molecule is CCOC(=O)N1CCN(S(=O)(=O)c2cc(C(C)C)c(OC)cc2C)CC1. The van der Waals surface area contributed by atoms with Crippen LogP contribution in [0.1, 0.15) is 37.8 Å². The van der Waals surface area contributed by atoms with Gasteiger partial charge < -0.3 is 14.4 Å². The third-order valence-corrected chi connectivity index (χ3v) is 6.57. The predicted octanol–water partition coefficient (Wildman–Crippen LogP) is 2.59. The molecule has 1 saturated heterocycles. The summed E-state index contributed by atoms with van der Waals surface area (Å²) in [6.07, 6.45) is -0.396. The summed E-state index contributed by atoms with van der Waals surface area (Å²) in [5, 5.41) is 0. The smallest absolute Gasteiger partial charge is 0.409 e. The highest BCUT2D eigenvalue weighted by molar-refractivity contribution is 7.89. The molecule has 0 aromatic heterocycles. The summed E-state index contributed by atoms with van der Waals surface area (Å²) >= 11 is 0. The topological polar surface area (TPSA) is 76.2 Å². The molecule has 0 atom stereocenters. The van der Waals surface area contributed by atoms with Crippen molar-refractivity contribution < 1.29 is 22.7 Å². The Morgan fingerprint density at radius 2 is 1.81 bits per heavy atom. The van der Waals surface area contributed by atoms with Crippen LogP contribution in [-0.2, 0) is 14.8 Å². The van der Waals surface area contributed by atoms with Gasteiger partial charge in [0.25, 0.3) is 0 Å². The molecule has 0 radical (unpaired) electrons. The van der Waals surface area contributed by atoms with E-state index in [1.165, 1.54) is 9.21 Å². The summed E-state index contributed by atoms with van der Waals surface area (Å²) in [5.41, 5.74) is 1.51. The highest BCUT2D eigenvalue weighted by Gasteiger charge is 2.32. The minimum absolute atomic E-state index is 0.139. The molecule has 1 aromatic carbocycles. The van der Waals surface area contributed by atoms with E-state index in [9.17, 15) is 13.2 Å². The molecule has 0 saturated carbocycles. The average Bonchev–Trinajstić information content (AvgIpc) is 2.61. The molecule has 1 aliphatic rings. The largest absolute Gasteiger partial charge is 0.496 e. The number of rotatable bonds is 5. The van der Waals surface area contributed by atoms with Gasteiger partial charge in [-0.1, -0.05) is 13.8 Å². The minimum atomic E-state index is -3.64. The van der Waals surface area contributed by atoms with Gasteiger partial charge in [-0.15, -0.1) is 0 Å². The zero-order valence-corrected chi connectivity index (χ0v) is 16.9. The number of sulfonamides is 1. The number of amides is 1. The molecule has 0 unspecified atom stereocenters. The number of nitrogens with zero attached hydrogens (tertiary/aromatic N) is 2. The lowest BCUT2D eigenvalue weighted by Crippen LogP contribution is -2.50. The molecule has 0 spiro atoms. The molecule has 146 valence electrons. The first-order valence-electron chi connectivity index (χ1n) is 8.82. The Morgan fingerprint density at radius 1 is 1.19 bits per heavy atom. The Morgan fingerprint density at radius 3 is 2.31 bits per heavy atom. The molecule has 1 heterocycles. The maximum atomic E-state index is 13.1. The first-order chi connectivity index (χ1) is 12.2. The van der Waals surface area contributed by atoms with Gasteiger partial charge in [0.05, 0.1) is 18.6 Å². The van der Waals surface area contributed by atoms with E-state index in [1.807, 2.05) is 13.8 Å². The van der Waals surface area contributed by atoms with Crippen molar-refractivity contribution in [2.45, 2.75) is 38.5 Å². The molecule has 26 heavy (non-hydrogen) atoms. The number of aryl methyl sites for hydroxylation is 1. The maximum absolute atomic E-state index is 13.1. The second-order valence-electron chi connectivity index (χ2n) is 6.60. The summed E-state index contributed by atoms with van der Waals surface area (Å²) in [4.78, 5) is 13.6. The predicted molar refractivity (Wildman–Crippen MR) is 99.2 cm³/mol.